The van der Waals surface area contributed by atoms with Gasteiger partial charge in [-0.25, -0.2) is 4.98 Å². The molecule has 6 nitrogen and oxygen atoms in total. The lowest BCUT2D eigenvalue weighted by Gasteiger charge is -2.26. The predicted octanol–water partition coefficient (Wildman–Crippen LogP) is 4.52. The van der Waals surface area contributed by atoms with E-state index in [1.807, 2.05) is 24.3 Å². The third-order valence-corrected chi connectivity index (χ3v) is 7.25. The molecule has 2 N–H and O–H groups in total. The molecular weight excluding hydrogens is 396 g/mol. The van der Waals surface area contributed by atoms with Gasteiger partial charge in [0.15, 0.2) is 0 Å². The average molecular weight is 421 g/mol. The van der Waals surface area contributed by atoms with Crippen LogP contribution in [-0.2, 0) is 4.74 Å². The number of rotatable bonds is 6. The summed E-state index contributed by atoms with van der Waals surface area (Å²) in [7, 11) is 0. The number of anilines is 1. The molecule has 1 aliphatic carbocycles. The van der Waals surface area contributed by atoms with E-state index in [1.165, 1.54) is 25.7 Å². The van der Waals surface area contributed by atoms with Crippen LogP contribution in [0.1, 0.15) is 43.7 Å². The SMILES string of the molecule is CC1(CSc2nc(N)c(C#N)c(-c3ccc(OC4COC4)cc3)c2C#N)CCCC1. The van der Waals surface area contributed by atoms with Crippen molar-refractivity contribution in [2.24, 2.45) is 5.41 Å². The van der Waals surface area contributed by atoms with Gasteiger partial charge < -0.3 is 15.2 Å². The molecule has 1 saturated carbocycles. The molecule has 4 rings (SSSR count). The third-order valence-electron chi connectivity index (χ3n) is 5.84. The van der Waals surface area contributed by atoms with E-state index < -0.39 is 0 Å². The Bertz CT molecular complexity index is 1010. The van der Waals surface area contributed by atoms with E-state index in [-0.39, 0.29) is 22.9 Å². The number of ether oxygens (including phenoxy) is 2. The molecule has 0 unspecified atom stereocenters. The number of hydrogen-bond donors (Lipinski definition) is 1. The van der Waals surface area contributed by atoms with Gasteiger partial charge in [-0.15, -0.1) is 11.8 Å². The molecule has 0 spiro atoms. The van der Waals surface area contributed by atoms with Crippen molar-refractivity contribution in [3.8, 4) is 29.0 Å². The Labute approximate surface area is 181 Å². The van der Waals surface area contributed by atoms with Crippen molar-refractivity contribution in [2.45, 2.75) is 43.7 Å². The Morgan fingerprint density at radius 3 is 2.40 bits per heavy atom. The number of thioether (sulfide) groups is 1. The second-order valence-electron chi connectivity index (χ2n) is 8.26. The van der Waals surface area contributed by atoms with Gasteiger partial charge >= 0.3 is 0 Å². The molecule has 7 heteroatoms. The molecule has 2 aliphatic rings. The molecule has 1 saturated heterocycles. The second-order valence-corrected chi connectivity index (χ2v) is 9.22. The average Bonchev–Trinajstić information content (AvgIpc) is 3.16. The van der Waals surface area contributed by atoms with E-state index in [2.05, 4.69) is 24.0 Å². The number of hydrogen-bond acceptors (Lipinski definition) is 7. The largest absolute Gasteiger partial charge is 0.486 e. The smallest absolute Gasteiger partial charge is 0.145 e. The van der Waals surface area contributed by atoms with Gasteiger partial charge in [0.1, 0.15) is 40.4 Å². The van der Waals surface area contributed by atoms with Crippen LogP contribution in [0.25, 0.3) is 11.1 Å². The number of nitrogens with two attached hydrogens (primary N) is 1. The van der Waals surface area contributed by atoms with Crippen molar-refractivity contribution in [1.29, 1.82) is 10.5 Å². The molecule has 2 aromatic rings. The summed E-state index contributed by atoms with van der Waals surface area (Å²) < 4.78 is 10.9. The first-order valence-electron chi connectivity index (χ1n) is 10.1. The van der Waals surface area contributed by atoms with Gasteiger partial charge in [0.25, 0.3) is 0 Å². The van der Waals surface area contributed by atoms with Crippen LogP contribution in [0.15, 0.2) is 29.3 Å². The number of aromatic nitrogens is 1. The van der Waals surface area contributed by atoms with Crippen molar-refractivity contribution in [3.05, 3.63) is 35.4 Å². The Morgan fingerprint density at radius 1 is 1.17 bits per heavy atom. The number of pyridine rings is 1. The zero-order valence-corrected chi connectivity index (χ0v) is 17.8. The maximum absolute atomic E-state index is 9.95. The van der Waals surface area contributed by atoms with E-state index in [9.17, 15) is 10.5 Å². The molecule has 1 aliphatic heterocycles. The topological polar surface area (TPSA) is 105 Å². The summed E-state index contributed by atoms with van der Waals surface area (Å²) in [5, 5.41) is 20.3. The van der Waals surface area contributed by atoms with Gasteiger partial charge in [-0.3, -0.25) is 0 Å². The van der Waals surface area contributed by atoms with Gasteiger partial charge in [-0.1, -0.05) is 31.9 Å². The van der Waals surface area contributed by atoms with Crippen LogP contribution in [0.5, 0.6) is 5.75 Å². The standard InChI is InChI=1S/C23H24N4O2S/c1-23(8-2-3-9-23)14-30-22-19(11-25)20(18(10-24)21(26)27-22)15-4-6-16(7-5-15)29-17-12-28-13-17/h4-7,17H,2-3,8-9,12-14H2,1H3,(H2,26,27). The Kier molecular flexibility index (Phi) is 5.85. The number of benzene rings is 1. The highest BCUT2D eigenvalue weighted by Gasteiger charge is 2.30. The monoisotopic (exact) mass is 420 g/mol. The summed E-state index contributed by atoms with van der Waals surface area (Å²) >= 11 is 1.57. The van der Waals surface area contributed by atoms with Gasteiger partial charge in [0.05, 0.1) is 18.8 Å². The Morgan fingerprint density at radius 2 is 1.83 bits per heavy atom. The first-order chi connectivity index (χ1) is 14.5. The molecule has 30 heavy (non-hydrogen) atoms. The number of nitrogen functional groups attached to an aromatic ring is 1. The maximum Gasteiger partial charge on any atom is 0.145 e. The van der Waals surface area contributed by atoms with E-state index in [4.69, 9.17) is 15.2 Å². The van der Waals surface area contributed by atoms with E-state index in [0.717, 1.165) is 17.1 Å². The highest BCUT2D eigenvalue weighted by Crippen LogP contribution is 2.43. The lowest BCUT2D eigenvalue weighted by atomic mass is 9.92. The van der Waals surface area contributed by atoms with Crippen LogP contribution in [-0.4, -0.2) is 30.1 Å². The lowest BCUT2D eigenvalue weighted by Crippen LogP contribution is -2.38. The highest BCUT2D eigenvalue weighted by molar-refractivity contribution is 7.99. The van der Waals surface area contributed by atoms with E-state index >= 15 is 0 Å². The zero-order chi connectivity index (χ0) is 21.1. The van der Waals surface area contributed by atoms with E-state index in [0.29, 0.717) is 29.4 Å². The van der Waals surface area contributed by atoms with Crippen LogP contribution >= 0.6 is 11.8 Å². The second kappa shape index (κ2) is 8.55. The maximum atomic E-state index is 9.95. The number of nitriles is 2. The molecule has 154 valence electrons. The third kappa shape index (κ3) is 4.09. The zero-order valence-electron chi connectivity index (χ0n) is 17.0. The van der Waals surface area contributed by atoms with Gasteiger partial charge in [0.2, 0.25) is 0 Å². The Hall–Kier alpha value is -2.74. The summed E-state index contributed by atoms with van der Waals surface area (Å²) in [5.41, 5.74) is 8.34. The van der Waals surface area contributed by atoms with Crippen molar-refractivity contribution in [1.82, 2.24) is 4.98 Å². The molecule has 0 amide bonds. The molecule has 2 heterocycles. The molecule has 0 atom stereocenters. The highest BCUT2D eigenvalue weighted by atomic mass is 32.2. The van der Waals surface area contributed by atoms with Crippen molar-refractivity contribution < 1.29 is 9.47 Å². The molecule has 1 aromatic heterocycles. The fourth-order valence-electron chi connectivity index (χ4n) is 3.98. The minimum atomic E-state index is 0.0803. The van der Waals surface area contributed by atoms with Crippen LogP contribution in [0.4, 0.5) is 5.82 Å². The fourth-order valence-corrected chi connectivity index (χ4v) is 5.21. The first-order valence-corrected chi connectivity index (χ1v) is 11.1. The molecular formula is C23H24N4O2S. The van der Waals surface area contributed by atoms with Gasteiger partial charge in [-0.05, 0) is 36.0 Å². The number of nitrogens with zero attached hydrogens (tertiary/aromatic N) is 3. The summed E-state index contributed by atoms with van der Waals surface area (Å²) in [5.74, 6) is 1.78. The minimum absolute atomic E-state index is 0.0803. The Balaban J connectivity index is 1.67. The molecule has 2 fully saturated rings. The van der Waals surface area contributed by atoms with Crippen LogP contribution in [0.2, 0.25) is 0 Å². The fraction of sp³-hybridized carbons (Fsp3) is 0.435. The predicted molar refractivity (Wildman–Crippen MR) is 116 cm³/mol. The summed E-state index contributed by atoms with van der Waals surface area (Å²) in [4.78, 5) is 4.43. The quantitative estimate of drug-likeness (QED) is 0.685. The van der Waals surface area contributed by atoms with Crippen LogP contribution < -0.4 is 10.5 Å². The van der Waals surface area contributed by atoms with E-state index in [1.54, 1.807) is 11.8 Å². The molecule has 1 aromatic carbocycles. The normalized spacial score (nSPS) is 17.7. The van der Waals surface area contributed by atoms with Crippen LogP contribution in [0, 0.1) is 28.1 Å². The van der Waals surface area contributed by atoms with Crippen molar-refractivity contribution in [2.75, 3.05) is 24.7 Å². The summed E-state index contributed by atoms with van der Waals surface area (Å²) in [6, 6.07) is 11.8. The summed E-state index contributed by atoms with van der Waals surface area (Å²) in [6.45, 7) is 3.48. The summed E-state index contributed by atoms with van der Waals surface area (Å²) in [6.07, 6.45) is 4.95. The van der Waals surface area contributed by atoms with Gasteiger partial charge in [0, 0.05) is 11.3 Å². The first kappa shape index (κ1) is 20.5. The van der Waals surface area contributed by atoms with Crippen LogP contribution in [0.3, 0.4) is 0 Å². The van der Waals surface area contributed by atoms with Crippen molar-refractivity contribution >= 4 is 17.6 Å². The lowest BCUT2D eigenvalue weighted by molar-refractivity contribution is -0.0796. The molecule has 0 radical (unpaired) electrons. The minimum Gasteiger partial charge on any atom is -0.486 e. The van der Waals surface area contributed by atoms with Crippen molar-refractivity contribution in [3.63, 3.8) is 0 Å². The van der Waals surface area contributed by atoms with Gasteiger partial charge in [-0.2, -0.15) is 10.5 Å². The molecule has 0 bridgehead atoms.